The van der Waals surface area contributed by atoms with Crippen molar-refractivity contribution < 1.29 is 4.58 Å². The van der Waals surface area contributed by atoms with Crippen molar-refractivity contribution in [2.24, 2.45) is 0 Å². The summed E-state index contributed by atoms with van der Waals surface area (Å²) in [4.78, 5) is 2.46. The molecule has 0 aliphatic carbocycles. The molecule has 1 aliphatic heterocycles. The van der Waals surface area contributed by atoms with Crippen molar-refractivity contribution in [3.8, 4) is 0 Å². The summed E-state index contributed by atoms with van der Waals surface area (Å²) in [6.07, 6.45) is 2.33. The number of rotatable bonds is 1. The van der Waals surface area contributed by atoms with Gasteiger partial charge in [-0.3, -0.25) is 4.90 Å². The van der Waals surface area contributed by atoms with E-state index in [0.717, 1.165) is 6.54 Å². The fourth-order valence-corrected chi connectivity index (χ4v) is 1.54. The number of likely N-dealkylation sites (N-methyl/N-ethyl adjacent to an activating group) is 1. The van der Waals surface area contributed by atoms with Crippen molar-refractivity contribution in [3.05, 3.63) is 0 Å². The molecule has 0 aromatic heterocycles. The first-order valence-corrected chi connectivity index (χ1v) is 4.86. The minimum atomic E-state index is 0.305. The van der Waals surface area contributed by atoms with Gasteiger partial charge in [0.1, 0.15) is 0 Å². The Kier molecular flexibility index (Phi) is 2.89. The smallest absolute Gasteiger partial charge is 0.155 e. The minimum absolute atomic E-state index is 0.305. The Morgan fingerprint density at radius 3 is 2.42 bits per heavy atom. The first-order chi connectivity index (χ1) is 5.54. The normalized spacial score (nSPS) is 20.8. The van der Waals surface area contributed by atoms with E-state index in [1.165, 1.54) is 19.6 Å². The molecule has 2 heteroatoms. The van der Waals surface area contributed by atoms with Crippen molar-refractivity contribution in [2.45, 2.75) is 33.2 Å². The number of hydrogen-bond acceptors (Lipinski definition) is 1. The van der Waals surface area contributed by atoms with E-state index in [2.05, 4.69) is 43.4 Å². The van der Waals surface area contributed by atoms with Gasteiger partial charge in [-0.05, 0) is 27.3 Å². The fraction of sp³-hybridized carbons (Fsp3) is 0.900. The van der Waals surface area contributed by atoms with Gasteiger partial charge in [0.2, 0.25) is 0 Å². The number of hydrogen-bond donors (Lipinski definition) is 0. The van der Waals surface area contributed by atoms with Gasteiger partial charge < -0.3 is 0 Å². The van der Waals surface area contributed by atoms with Gasteiger partial charge in [-0.2, -0.15) is 0 Å². The second-order valence-electron chi connectivity index (χ2n) is 4.44. The summed E-state index contributed by atoms with van der Waals surface area (Å²) < 4.78 is 2.44. The van der Waals surface area contributed by atoms with Gasteiger partial charge in [-0.15, -0.1) is 0 Å². The molecular formula is C10H21N2+. The van der Waals surface area contributed by atoms with Crippen LogP contribution < -0.4 is 0 Å². The van der Waals surface area contributed by atoms with Crippen LogP contribution in [0.5, 0.6) is 0 Å². The van der Waals surface area contributed by atoms with Crippen molar-refractivity contribution in [3.63, 3.8) is 0 Å². The third kappa shape index (κ3) is 2.31. The van der Waals surface area contributed by atoms with Crippen LogP contribution in [-0.2, 0) is 0 Å². The van der Waals surface area contributed by atoms with Crippen LogP contribution in [-0.4, -0.2) is 47.4 Å². The molecule has 0 aromatic rings. The zero-order valence-corrected chi connectivity index (χ0v) is 8.80. The summed E-state index contributed by atoms with van der Waals surface area (Å²) in [5, 5.41) is 0. The predicted octanol–water partition coefficient (Wildman–Crippen LogP) is 1.20. The molecule has 1 aliphatic rings. The quantitative estimate of drug-likeness (QED) is 0.535. The molecule has 0 unspecified atom stereocenters. The van der Waals surface area contributed by atoms with E-state index in [-0.39, 0.29) is 0 Å². The van der Waals surface area contributed by atoms with Crippen LogP contribution in [0.4, 0.5) is 0 Å². The lowest BCUT2D eigenvalue weighted by atomic mass is 10.1. The summed E-state index contributed by atoms with van der Waals surface area (Å²) >= 11 is 0. The Bertz CT molecular complexity index is 177. The molecule has 0 radical (unpaired) electrons. The summed E-state index contributed by atoms with van der Waals surface area (Å²) in [5.74, 6) is 0. The second-order valence-corrected chi connectivity index (χ2v) is 4.44. The molecule has 1 heterocycles. The molecule has 0 saturated carbocycles. The Morgan fingerprint density at radius 1 is 1.42 bits per heavy atom. The Labute approximate surface area is 75.9 Å². The Balaban J connectivity index is 2.56. The van der Waals surface area contributed by atoms with Gasteiger partial charge in [0, 0.05) is 0 Å². The molecule has 1 rings (SSSR count). The molecule has 2 nitrogen and oxygen atoms in total. The van der Waals surface area contributed by atoms with E-state index in [0.29, 0.717) is 5.54 Å². The monoisotopic (exact) mass is 169 g/mol. The lowest BCUT2D eigenvalue weighted by Gasteiger charge is -2.26. The summed E-state index contributed by atoms with van der Waals surface area (Å²) in [6, 6.07) is 0. The zero-order valence-electron chi connectivity index (χ0n) is 8.80. The van der Waals surface area contributed by atoms with Crippen molar-refractivity contribution in [1.29, 1.82) is 0 Å². The fourth-order valence-electron chi connectivity index (χ4n) is 1.54. The molecule has 0 saturated heterocycles. The average Bonchev–Trinajstić information content (AvgIpc) is 2.03. The van der Waals surface area contributed by atoms with Gasteiger partial charge in [0.05, 0.1) is 13.1 Å². The molecule has 0 spiro atoms. The minimum Gasteiger partial charge on any atom is -0.288 e. The molecule has 0 aromatic carbocycles. The standard InChI is InChI=1S/C10H21N2/c1-5-11-6-8-12(9-7-11)10(2,3)4/h8H,5-7,9H2,1-4H3/q+1. The molecular weight excluding hydrogens is 148 g/mol. The van der Waals surface area contributed by atoms with E-state index in [1.54, 1.807) is 0 Å². The molecule has 70 valence electrons. The highest BCUT2D eigenvalue weighted by molar-refractivity contribution is 5.54. The molecule has 0 bridgehead atoms. The second kappa shape index (κ2) is 3.56. The molecule has 0 atom stereocenters. The van der Waals surface area contributed by atoms with E-state index >= 15 is 0 Å². The highest BCUT2D eigenvalue weighted by Crippen LogP contribution is 2.08. The van der Waals surface area contributed by atoms with Crippen molar-refractivity contribution in [2.75, 3.05) is 26.2 Å². The predicted molar refractivity (Wildman–Crippen MR) is 53.1 cm³/mol. The van der Waals surface area contributed by atoms with Crippen molar-refractivity contribution in [1.82, 2.24) is 4.90 Å². The van der Waals surface area contributed by atoms with Crippen LogP contribution in [0.25, 0.3) is 0 Å². The van der Waals surface area contributed by atoms with Crippen LogP contribution >= 0.6 is 0 Å². The highest BCUT2D eigenvalue weighted by atomic mass is 15.2. The average molecular weight is 169 g/mol. The first kappa shape index (κ1) is 9.72. The van der Waals surface area contributed by atoms with Gasteiger partial charge in [0.25, 0.3) is 0 Å². The first-order valence-electron chi connectivity index (χ1n) is 4.86. The van der Waals surface area contributed by atoms with Crippen molar-refractivity contribution >= 4 is 6.21 Å². The lowest BCUT2D eigenvalue weighted by molar-refractivity contribution is -0.597. The van der Waals surface area contributed by atoms with E-state index < -0.39 is 0 Å². The maximum atomic E-state index is 2.46. The van der Waals surface area contributed by atoms with Gasteiger partial charge >= 0.3 is 0 Å². The van der Waals surface area contributed by atoms with E-state index in [4.69, 9.17) is 0 Å². The third-order valence-corrected chi connectivity index (χ3v) is 2.53. The SMILES string of the molecule is CCN1CC=[N+](C(C)(C)C)CC1. The molecule has 0 N–H and O–H groups in total. The summed E-state index contributed by atoms with van der Waals surface area (Å²) in [7, 11) is 0. The van der Waals surface area contributed by atoms with Gasteiger partial charge in [0.15, 0.2) is 18.3 Å². The lowest BCUT2D eigenvalue weighted by Crippen LogP contribution is -2.46. The van der Waals surface area contributed by atoms with Gasteiger partial charge in [-0.25, -0.2) is 4.58 Å². The van der Waals surface area contributed by atoms with Crippen LogP contribution in [0.3, 0.4) is 0 Å². The van der Waals surface area contributed by atoms with Gasteiger partial charge in [-0.1, -0.05) is 6.92 Å². The zero-order chi connectivity index (χ0) is 9.19. The topological polar surface area (TPSA) is 6.25 Å². The summed E-state index contributed by atoms with van der Waals surface area (Å²) in [6.45, 7) is 13.7. The maximum Gasteiger partial charge on any atom is 0.155 e. The summed E-state index contributed by atoms with van der Waals surface area (Å²) in [5.41, 5.74) is 0.305. The third-order valence-electron chi connectivity index (χ3n) is 2.53. The van der Waals surface area contributed by atoms with Crippen LogP contribution in [0.1, 0.15) is 27.7 Å². The van der Waals surface area contributed by atoms with Crippen LogP contribution in [0.15, 0.2) is 0 Å². The molecule has 12 heavy (non-hydrogen) atoms. The molecule has 0 amide bonds. The van der Waals surface area contributed by atoms with Crippen LogP contribution in [0.2, 0.25) is 0 Å². The van der Waals surface area contributed by atoms with E-state index in [1.807, 2.05) is 0 Å². The van der Waals surface area contributed by atoms with Crippen LogP contribution in [0, 0.1) is 0 Å². The maximum absolute atomic E-state index is 2.46. The number of nitrogens with zero attached hydrogens (tertiary/aromatic N) is 2. The Morgan fingerprint density at radius 2 is 2.08 bits per heavy atom. The Hall–Kier alpha value is -0.370. The largest absolute Gasteiger partial charge is 0.288 e. The highest BCUT2D eigenvalue weighted by Gasteiger charge is 2.26. The molecule has 0 fully saturated rings. The van der Waals surface area contributed by atoms with E-state index in [9.17, 15) is 0 Å².